The minimum absolute atomic E-state index is 0.192. The van der Waals surface area contributed by atoms with Crippen LogP contribution >= 0.6 is 11.3 Å². The number of carbonyl (C=O) groups is 3. The summed E-state index contributed by atoms with van der Waals surface area (Å²) in [4.78, 5) is 42.6. The molecule has 0 aliphatic rings. The first-order valence-electron chi connectivity index (χ1n) is 12.3. The van der Waals surface area contributed by atoms with Crippen LogP contribution in [0, 0.1) is 5.92 Å². The largest absolute Gasteiger partial charge is 0.444 e. The highest BCUT2D eigenvalue weighted by Crippen LogP contribution is 2.25. The van der Waals surface area contributed by atoms with Gasteiger partial charge in [-0.1, -0.05) is 36.8 Å². The van der Waals surface area contributed by atoms with Crippen molar-refractivity contribution >= 4 is 50.1 Å². The Labute approximate surface area is 232 Å². The minimum Gasteiger partial charge on any atom is -0.444 e. The molecule has 39 heavy (non-hydrogen) atoms. The molecule has 13 heteroatoms. The summed E-state index contributed by atoms with van der Waals surface area (Å²) in [7, 11) is -3.52. The van der Waals surface area contributed by atoms with Gasteiger partial charge in [0.1, 0.15) is 11.5 Å². The molecule has 0 spiro atoms. The Balaban J connectivity index is 1.65. The quantitative estimate of drug-likeness (QED) is 0.228. The van der Waals surface area contributed by atoms with Crippen molar-refractivity contribution < 1.29 is 27.5 Å². The van der Waals surface area contributed by atoms with Gasteiger partial charge in [-0.15, -0.1) is 11.3 Å². The molecular formula is C26H33N5O6S2. The highest BCUT2D eigenvalue weighted by molar-refractivity contribution is 7.89. The highest BCUT2D eigenvalue weighted by atomic mass is 32.2. The zero-order valence-corrected chi connectivity index (χ0v) is 23.9. The lowest BCUT2D eigenvalue weighted by Crippen LogP contribution is -2.34. The number of amides is 3. The topological polar surface area (TPSA) is 148 Å². The van der Waals surface area contributed by atoms with E-state index in [1.54, 1.807) is 20.8 Å². The van der Waals surface area contributed by atoms with E-state index >= 15 is 0 Å². The summed E-state index contributed by atoms with van der Waals surface area (Å²) in [6.45, 7) is 5.62. The van der Waals surface area contributed by atoms with E-state index < -0.39 is 39.4 Å². The lowest BCUT2D eigenvalue weighted by Gasteiger charge is -2.19. The Bertz CT molecular complexity index is 1390. The number of anilines is 2. The Hall–Kier alpha value is -3.71. The Morgan fingerprint density at radius 2 is 1.74 bits per heavy atom. The van der Waals surface area contributed by atoms with Crippen LogP contribution in [0.5, 0.6) is 0 Å². The normalized spacial score (nSPS) is 12.4. The van der Waals surface area contributed by atoms with Crippen molar-refractivity contribution in [2.24, 2.45) is 5.92 Å². The SMILES string of the molecule is CC(C)(C)OC(=O)NCCCC[C@@H](C(=O)Nc1ccn(S(C)(=O)=O)c1)C(=O)Nc1nc(-c2ccccc2)cs1. The molecule has 0 aliphatic heterocycles. The lowest BCUT2D eigenvalue weighted by molar-refractivity contribution is -0.129. The molecule has 1 aromatic carbocycles. The Kier molecular flexibility index (Phi) is 9.86. The molecule has 0 radical (unpaired) electrons. The minimum atomic E-state index is -3.52. The number of thiazole rings is 1. The molecule has 0 fully saturated rings. The summed E-state index contributed by atoms with van der Waals surface area (Å²) in [5, 5.41) is 10.2. The van der Waals surface area contributed by atoms with Gasteiger partial charge in [-0.25, -0.2) is 18.2 Å². The molecule has 0 aliphatic carbocycles. The second kappa shape index (κ2) is 12.9. The van der Waals surface area contributed by atoms with E-state index in [0.29, 0.717) is 30.2 Å². The van der Waals surface area contributed by atoms with Crippen LogP contribution in [-0.2, 0) is 24.3 Å². The van der Waals surface area contributed by atoms with E-state index in [-0.39, 0.29) is 12.1 Å². The molecule has 1 atom stereocenters. The second-order valence-electron chi connectivity index (χ2n) is 9.85. The maximum absolute atomic E-state index is 13.2. The van der Waals surface area contributed by atoms with Crippen molar-refractivity contribution in [2.45, 2.75) is 45.6 Å². The fourth-order valence-corrected chi connectivity index (χ4v) is 4.82. The summed E-state index contributed by atoms with van der Waals surface area (Å²) in [6, 6.07) is 10.9. The lowest BCUT2D eigenvalue weighted by atomic mass is 9.99. The van der Waals surface area contributed by atoms with Crippen LogP contribution in [0.4, 0.5) is 15.6 Å². The molecule has 0 saturated heterocycles. The first kappa shape index (κ1) is 29.8. The average molecular weight is 576 g/mol. The number of ether oxygens (including phenoxy) is 1. The summed E-state index contributed by atoms with van der Waals surface area (Å²) in [5.41, 5.74) is 1.23. The van der Waals surface area contributed by atoms with Crippen molar-refractivity contribution in [1.82, 2.24) is 14.3 Å². The number of carbonyl (C=O) groups excluding carboxylic acids is 3. The van der Waals surface area contributed by atoms with Gasteiger partial charge in [-0.05, 0) is 39.7 Å². The molecule has 3 aromatic rings. The molecule has 2 heterocycles. The number of hydrogen-bond donors (Lipinski definition) is 3. The fraction of sp³-hybridized carbons (Fsp3) is 0.385. The third-order valence-corrected chi connectivity index (χ3v) is 7.09. The molecule has 2 aromatic heterocycles. The molecule has 3 rings (SSSR count). The number of nitrogens with zero attached hydrogens (tertiary/aromatic N) is 2. The van der Waals surface area contributed by atoms with Crippen LogP contribution in [0.25, 0.3) is 11.3 Å². The standard InChI is InChI=1S/C26H33N5O6S2/c1-26(2,3)37-25(34)27-14-9-8-12-20(22(32)28-19-13-15-31(16-19)39(4,35)36)23(33)30-24-29-21(17-38-24)18-10-6-5-7-11-18/h5-7,10-11,13,15-17,20H,8-9,12,14H2,1-4H3,(H,27,34)(H,28,32)(H,29,30,33)/t20-/m0/s1. The predicted molar refractivity (Wildman–Crippen MR) is 151 cm³/mol. The molecule has 0 bridgehead atoms. The Morgan fingerprint density at radius 1 is 1.05 bits per heavy atom. The van der Waals surface area contributed by atoms with Gasteiger partial charge in [0, 0.05) is 29.9 Å². The number of unbranched alkanes of at least 4 members (excludes halogenated alkanes) is 1. The fourth-order valence-electron chi connectivity index (χ4n) is 3.51. The van der Waals surface area contributed by atoms with E-state index in [4.69, 9.17) is 4.74 Å². The molecule has 3 N–H and O–H groups in total. The van der Waals surface area contributed by atoms with Crippen molar-refractivity contribution in [3.63, 3.8) is 0 Å². The molecule has 3 amide bonds. The summed E-state index contributed by atoms with van der Waals surface area (Å²) >= 11 is 1.25. The predicted octanol–water partition coefficient (Wildman–Crippen LogP) is 4.31. The van der Waals surface area contributed by atoms with Crippen molar-refractivity contribution in [2.75, 3.05) is 23.4 Å². The molecule has 0 unspecified atom stereocenters. The molecule has 210 valence electrons. The van der Waals surface area contributed by atoms with Crippen molar-refractivity contribution in [3.05, 3.63) is 54.2 Å². The van der Waals surface area contributed by atoms with Crippen LogP contribution in [0.2, 0.25) is 0 Å². The molecule has 0 saturated carbocycles. The van der Waals surface area contributed by atoms with Crippen LogP contribution < -0.4 is 16.0 Å². The van der Waals surface area contributed by atoms with Gasteiger partial charge in [-0.2, -0.15) is 0 Å². The van der Waals surface area contributed by atoms with Crippen molar-refractivity contribution in [1.29, 1.82) is 0 Å². The average Bonchev–Trinajstić information content (AvgIpc) is 3.50. The van der Waals surface area contributed by atoms with Crippen LogP contribution in [0.15, 0.2) is 54.2 Å². The van der Waals surface area contributed by atoms with Gasteiger partial charge in [0.2, 0.25) is 21.8 Å². The number of nitrogens with one attached hydrogen (secondary N) is 3. The summed E-state index contributed by atoms with van der Waals surface area (Å²) in [5.74, 6) is -2.21. The zero-order valence-electron chi connectivity index (χ0n) is 22.3. The Morgan fingerprint density at radius 3 is 2.38 bits per heavy atom. The van der Waals surface area contributed by atoms with E-state index in [1.807, 2.05) is 35.7 Å². The van der Waals surface area contributed by atoms with E-state index in [9.17, 15) is 22.8 Å². The number of rotatable bonds is 11. The summed E-state index contributed by atoms with van der Waals surface area (Å²) in [6.07, 6.45) is 4.23. The van der Waals surface area contributed by atoms with Crippen LogP contribution in [-0.4, -0.2) is 53.7 Å². The number of alkyl carbamates (subject to hydrolysis) is 1. The maximum Gasteiger partial charge on any atom is 0.407 e. The van der Waals surface area contributed by atoms with Gasteiger partial charge < -0.3 is 20.7 Å². The zero-order chi connectivity index (χ0) is 28.6. The summed E-state index contributed by atoms with van der Waals surface area (Å²) < 4.78 is 29.7. The third-order valence-electron chi connectivity index (χ3n) is 5.34. The molecular weight excluding hydrogens is 542 g/mol. The van der Waals surface area contributed by atoms with Gasteiger partial charge in [0.15, 0.2) is 5.13 Å². The van der Waals surface area contributed by atoms with E-state index in [1.165, 1.54) is 29.8 Å². The third kappa shape index (κ3) is 9.52. The first-order valence-corrected chi connectivity index (χ1v) is 15.0. The number of benzene rings is 1. The number of aromatic nitrogens is 2. The van der Waals surface area contributed by atoms with Gasteiger partial charge in [0.25, 0.3) is 0 Å². The van der Waals surface area contributed by atoms with Gasteiger partial charge in [-0.3, -0.25) is 13.6 Å². The monoisotopic (exact) mass is 575 g/mol. The van der Waals surface area contributed by atoms with Crippen LogP contribution in [0.3, 0.4) is 0 Å². The van der Waals surface area contributed by atoms with Crippen molar-refractivity contribution in [3.8, 4) is 11.3 Å². The van der Waals surface area contributed by atoms with Gasteiger partial charge >= 0.3 is 6.09 Å². The van der Waals surface area contributed by atoms with Gasteiger partial charge in [0.05, 0.1) is 17.6 Å². The first-order chi connectivity index (χ1) is 18.3. The molecule has 11 nitrogen and oxygen atoms in total. The van der Waals surface area contributed by atoms with Crippen LogP contribution in [0.1, 0.15) is 40.0 Å². The van der Waals surface area contributed by atoms with E-state index in [2.05, 4.69) is 20.9 Å². The smallest absolute Gasteiger partial charge is 0.407 e. The number of hydrogen-bond acceptors (Lipinski definition) is 8. The maximum atomic E-state index is 13.2. The van der Waals surface area contributed by atoms with E-state index in [0.717, 1.165) is 15.8 Å². The second-order valence-corrected chi connectivity index (χ2v) is 12.6. The highest BCUT2D eigenvalue weighted by Gasteiger charge is 2.28.